The number of benzene rings is 1. The van der Waals surface area contributed by atoms with Crippen molar-refractivity contribution < 1.29 is 13.9 Å². The highest BCUT2D eigenvalue weighted by Crippen LogP contribution is 2.22. The zero-order valence-electron chi connectivity index (χ0n) is 13.0. The van der Waals surface area contributed by atoms with Gasteiger partial charge in [0, 0.05) is 24.2 Å². The van der Waals surface area contributed by atoms with Crippen molar-refractivity contribution in [2.75, 3.05) is 19.7 Å². The van der Waals surface area contributed by atoms with E-state index in [0.717, 1.165) is 13.0 Å². The Labute approximate surface area is 126 Å². The summed E-state index contributed by atoms with van der Waals surface area (Å²) in [7, 11) is 0. The maximum atomic E-state index is 14.0. The van der Waals surface area contributed by atoms with Crippen molar-refractivity contribution in [2.45, 2.75) is 39.7 Å². The van der Waals surface area contributed by atoms with Crippen LogP contribution in [0.5, 0.6) is 5.75 Å². The van der Waals surface area contributed by atoms with Crippen LogP contribution in [0.25, 0.3) is 0 Å². The first kappa shape index (κ1) is 17.4. The number of halogens is 1. The molecule has 1 amide bonds. The molecule has 0 aromatic heterocycles. The van der Waals surface area contributed by atoms with Crippen molar-refractivity contribution in [3.63, 3.8) is 0 Å². The number of ether oxygens (including phenoxy) is 1. The van der Waals surface area contributed by atoms with Crippen LogP contribution in [0.2, 0.25) is 0 Å². The molecule has 0 radical (unpaired) electrons. The summed E-state index contributed by atoms with van der Waals surface area (Å²) in [6, 6.07) is 4.80. The van der Waals surface area contributed by atoms with Crippen molar-refractivity contribution in [1.82, 2.24) is 10.6 Å². The minimum absolute atomic E-state index is 0.0330. The molecule has 1 rings (SSSR count). The van der Waals surface area contributed by atoms with Crippen LogP contribution in [0, 0.1) is 5.82 Å². The number of carbonyl (C=O) groups excluding carboxylic acids is 1. The molecule has 1 unspecified atom stereocenters. The molecule has 0 aliphatic heterocycles. The minimum atomic E-state index is -0.290. The normalized spacial score (nSPS) is 12.0. The fourth-order valence-electron chi connectivity index (χ4n) is 1.97. The summed E-state index contributed by atoms with van der Waals surface area (Å²) in [5, 5.41) is 5.93. The van der Waals surface area contributed by atoms with Gasteiger partial charge in [-0.3, -0.25) is 4.79 Å². The van der Waals surface area contributed by atoms with Gasteiger partial charge in [0.25, 0.3) is 0 Å². The van der Waals surface area contributed by atoms with E-state index in [0.29, 0.717) is 17.9 Å². The molecular formula is C16H25FN2O2. The summed E-state index contributed by atoms with van der Waals surface area (Å²) in [4.78, 5) is 11.3. The van der Waals surface area contributed by atoms with E-state index < -0.39 is 0 Å². The second-order valence-electron chi connectivity index (χ2n) is 4.91. The molecule has 0 spiro atoms. The average molecular weight is 296 g/mol. The molecule has 5 heteroatoms. The third-order valence-electron chi connectivity index (χ3n) is 3.11. The monoisotopic (exact) mass is 296 g/mol. The lowest BCUT2D eigenvalue weighted by Gasteiger charge is -2.15. The molecule has 0 fully saturated rings. The molecule has 0 aliphatic carbocycles. The zero-order valence-corrected chi connectivity index (χ0v) is 13.0. The van der Waals surface area contributed by atoms with Gasteiger partial charge in [0.15, 0.2) is 0 Å². The fraction of sp³-hybridized carbons (Fsp3) is 0.562. The first-order chi connectivity index (χ1) is 10.1. The summed E-state index contributed by atoms with van der Waals surface area (Å²) in [5.41, 5.74) is 0.625. The van der Waals surface area contributed by atoms with Gasteiger partial charge >= 0.3 is 0 Å². The lowest BCUT2D eigenvalue weighted by molar-refractivity contribution is -0.121. The molecule has 118 valence electrons. The lowest BCUT2D eigenvalue weighted by atomic mass is 10.1. The van der Waals surface area contributed by atoms with Crippen molar-refractivity contribution in [3.05, 3.63) is 29.6 Å². The zero-order chi connectivity index (χ0) is 15.7. The van der Waals surface area contributed by atoms with Gasteiger partial charge in [0.2, 0.25) is 5.91 Å². The summed E-state index contributed by atoms with van der Waals surface area (Å²) >= 11 is 0. The topological polar surface area (TPSA) is 50.4 Å². The third-order valence-corrected chi connectivity index (χ3v) is 3.11. The largest absolute Gasteiger partial charge is 0.493 e. The van der Waals surface area contributed by atoms with Crippen molar-refractivity contribution >= 4 is 5.91 Å². The molecule has 0 bridgehead atoms. The maximum absolute atomic E-state index is 14.0. The van der Waals surface area contributed by atoms with Crippen LogP contribution in [0.1, 0.15) is 45.2 Å². The van der Waals surface area contributed by atoms with E-state index in [1.54, 1.807) is 12.1 Å². The first-order valence-corrected chi connectivity index (χ1v) is 7.50. The maximum Gasteiger partial charge on any atom is 0.223 e. The number of carbonyl (C=O) groups is 1. The predicted molar refractivity (Wildman–Crippen MR) is 81.9 cm³/mol. The summed E-state index contributed by atoms with van der Waals surface area (Å²) in [6.45, 7) is 7.57. The summed E-state index contributed by atoms with van der Waals surface area (Å²) < 4.78 is 19.4. The van der Waals surface area contributed by atoms with E-state index >= 15 is 0 Å². The van der Waals surface area contributed by atoms with E-state index in [9.17, 15) is 9.18 Å². The van der Waals surface area contributed by atoms with E-state index in [1.165, 1.54) is 6.07 Å². The van der Waals surface area contributed by atoms with Gasteiger partial charge in [-0.15, -0.1) is 0 Å². The second-order valence-corrected chi connectivity index (χ2v) is 4.91. The standard InChI is InChI=1S/C16H25FN2O2/c1-4-9-19-12(3)14-7-6-13(11-15(14)17)21-10-8-16(20)18-5-2/h6-7,11-12,19H,4-5,8-10H2,1-3H3,(H,18,20). The Morgan fingerprint density at radius 3 is 2.76 bits per heavy atom. The Hall–Kier alpha value is -1.62. The van der Waals surface area contributed by atoms with Crippen molar-refractivity contribution in [1.29, 1.82) is 0 Å². The highest BCUT2D eigenvalue weighted by Gasteiger charge is 2.11. The van der Waals surface area contributed by atoms with E-state index in [1.807, 2.05) is 13.8 Å². The Kier molecular flexibility index (Phi) is 7.75. The molecular weight excluding hydrogens is 271 g/mol. The quantitative estimate of drug-likeness (QED) is 0.737. The number of hydrogen-bond donors (Lipinski definition) is 2. The smallest absolute Gasteiger partial charge is 0.223 e. The number of rotatable bonds is 9. The van der Waals surface area contributed by atoms with Crippen molar-refractivity contribution in [2.24, 2.45) is 0 Å². The van der Waals surface area contributed by atoms with Crippen LogP contribution in [0.15, 0.2) is 18.2 Å². The lowest BCUT2D eigenvalue weighted by Crippen LogP contribution is -2.24. The highest BCUT2D eigenvalue weighted by atomic mass is 19.1. The molecule has 0 saturated heterocycles. The van der Waals surface area contributed by atoms with E-state index in [2.05, 4.69) is 17.6 Å². The molecule has 4 nitrogen and oxygen atoms in total. The number of hydrogen-bond acceptors (Lipinski definition) is 3. The van der Waals surface area contributed by atoms with Crippen LogP contribution < -0.4 is 15.4 Å². The van der Waals surface area contributed by atoms with Crippen molar-refractivity contribution in [3.8, 4) is 5.75 Å². The molecule has 1 aromatic rings. The van der Waals surface area contributed by atoms with Gasteiger partial charge in [-0.2, -0.15) is 0 Å². The van der Waals surface area contributed by atoms with E-state index in [4.69, 9.17) is 4.74 Å². The predicted octanol–water partition coefficient (Wildman–Crippen LogP) is 2.79. The third kappa shape index (κ3) is 6.12. The number of amides is 1. The molecule has 0 saturated carbocycles. The van der Waals surface area contributed by atoms with Crippen LogP contribution in [0.4, 0.5) is 4.39 Å². The minimum Gasteiger partial charge on any atom is -0.493 e. The molecule has 2 N–H and O–H groups in total. The Bertz CT molecular complexity index is 452. The van der Waals surface area contributed by atoms with E-state index in [-0.39, 0.29) is 30.8 Å². The van der Waals surface area contributed by atoms with Gasteiger partial charge in [0.1, 0.15) is 11.6 Å². The fourth-order valence-corrected chi connectivity index (χ4v) is 1.97. The van der Waals surface area contributed by atoms with Gasteiger partial charge in [-0.25, -0.2) is 4.39 Å². The van der Waals surface area contributed by atoms with Crippen LogP contribution >= 0.6 is 0 Å². The summed E-state index contributed by atoms with van der Waals surface area (Å²) in [6.07, 6.45) is 1.28. The summed E-state index contributed by atoms with van der Waals surface area (Å²) in [5.74, 6) is 0.0943. The van der Waals surface area contributed by atoms with Gasteiger partial charge < -0.3 is 15.4 Å². The Morgan fingerprint density at radius 2 is 2.14 bits per heavy atom. The van der Waals surface area contributed by atoms with Gasteiger partial charge in [0.05, 0.1) is 13.0 Å². The highest BCUT2D eigenvalue weighted by molar-refractivity contribution is 5.75. The Morgan fingerprint density at radius 1 is 1.38 bits per heavy atom. The molecule has 1 aromatic carbocycles. The Balaban J connectivity index is 2.51. The molecule has 0 aliphatic rings. The molecule has 1 atom stereocenters. The van der Waals surface area contributed by atoms with Crippen LogP contribution in [-0.2, 0) is 4.79 Å². The molecule has 21 heavy (non-hydrogen) atoms. The molecule has 0 heterocycles. The van der Waals surface area contributed by atoms with Gasteiger partial charge in [-0.1, -0.05) is 13.0 Å². The van der Waals surface area contributed by atoms with Crippen LogP contribution in [0.3, 0.4) is 0 Å². The van der Waals surface area contributed by atoms with Crippen LogP contribution in [-0.4, -0.2) is 25.6 Å². The first-order valence-electron chi connectivity index (χ1n) is 7.50. The van der Waals surface area contributed by atoms with Gasteiger partial charge in [-0.05, 0) is 32.9 Å². The second kappa shape index (κ2) is 9.34. The average Bonchev–Trinajstić information content (AvgIpc) is 2.45. The number of nitrogens with one attached hydrogen (secondary N) is 2. The SMILES string of the molecule is CCCNC(C)c1ccc(OCCC(=O)NCC)cc1F.